The number of hydrogen-bond acceptors (Lipinski definition) is 4. The molecule has 0 aromatic carbocycles. The summed E-state index contributed by atoms with van der Waals surface area (Å²) >= 11 is 0. The Balaban J connectivity index is 2.51. The molecule has 0 amide bonds. The van der Waals surface area contributed by atoms with E-state index in [0.29, 0.717) is 12.8 Å². The molecule has 16 heavy (non-hydrogen) atoms. The van der Waals surface area contributed by atoms with Crippen molar-refractivity contribution in [3.8, 4) is 0 Å². The molecular weight excluding hydrogens is 228 g/mol. The van der Waals surface area contributed by atoms with Crippen LogP contribution in [0.1, 0.15) is 12.8 Å². The number of nitrogens with one attached hydrogen (secondary N) is 2. The second-order valence-corrected chi connectivity index (χ2v) is 4.98. The van der Waals surface area contributed by atoms with Crippen molar-refractivity contribution in [2.75, 3.05) is 6.54 Å². The van der Waals surface area contributed by atoms with Gasteiger partial charge in [0, 0.05) is 25.4 Å². The van der Waals surface area contributed by atoms with Gasteiger partial charge in [0.05, 0.1) is 5.84 Å². The van der Waals surface area contributed by atoms with Gasteiger partial charge in [0.1, 0.15) is 4.90 Å². The summed E-state index contributed by atoms with van der Waals surface area (Å²) in [5, 5.41) is 6.98. The molecule has 6 nitrogen and oxygen atoms in total. The minimum atomic E-state index is -3.48. The highest BCUT2D eigenvalue weighted by Gasteiger charge is 2.12. The molecule has 1 heterocycles. The van der Waals surface area contributed by atoms with E-state index in [1.165, 1.54) is 18.5 Å². The Labute approximate surface area is 94.4 Å². The van der Waals surface area contributed by atoms with E-state index in [2.05, 4.69) is 9.71 Å². The molecule has 0 radical (unpaired) electrons. The average molecular weight is 242 g/mol. The van der Waals surface area contributed by atoms with Gasteiger partial charge in [-0.2, -0.15) is 0 Å². The SMILES string of the molecule is N=C(N)CCCNS(=O)(=O)c1cccnc1. The van der Waals surface area contributed by atoms with Crippen molar-refractivity contribution in [2.24, 2.45) is 5.73 Å². The van der Waals surface area contributed by atoms with E-state index in [9.17, 15) is 8.42 Å². The zero-order valence-electron chi connectivity index (χ0n) is 8.68. The maximum atomic E-state index is 11.6. The van der Waals surface area contributed by atoms with Crippen molar-refractivity contribution in [3.05, 3.63) is 24.5 Å². The molecule has 1 aromatic rings. The fourth-order valence-electron chi connectivity index (χ4n) is 1.07. The highest BCUT2D eigenvalue weighted by molar-refractivity contribution is 7.89. The third kappa shape index (κ3) is 3.95. The standard InChI is InChI=1S/C9H14N4O2S/c10-9(11)4-2-6-13-16(14,15)8-3-1-5-12-7-8/h1,3,5,7,13H,2,4,6H2,(H3,10,11). The summed E-state index contributed by atoms with van der Waals surface area (Å²) < 4.78 is 25.7. The number of aromatic nitrogens is 1. The van der Waals surface area contributed by atoms with Gasteiger partial charge < -0.3 is 5.73 Å². The first kappa shape index (κ1) is 12.6. The Bertz CT molecular complexity index is 444. The Kier molecular flexibility index (Phi) is 4.39. The van der Waals surface area contributed by atoms with E-state index < -0.39 is 10.0 Å². The van der Waals surface area contributed by atoms with Crippen molar-refractivity contribution in [1.29, 1.82) is 5.41 Å². The first-order valence-electron chi connectivity index (χ1n) is 4.75. The lowest BCUT2D eigenvalue weighted by Gasteiger charge is -2.05. The highest BCUT2D eigenvalue weighted by atomic mass is 32.2. The van der Waals surface area contributed by atoms with Crippen LogP contribution in [-0.4, -0.2) is 25.8 Å². The molecule has 4 N–H and O–H groups in total. The molecule has 0 spiro atoms. The molecule has 7 heteroatoms. The molecule has 0 fully saturated rings. The largest absolute Gasteiger partial charge is 0.388 e. The zero-order chi connectivity index (χ0) is 12.0. The molecule has 0 aliphatic carbocycles. The second kappa shape index (κ2) is 5.57. The first-order valence-corrected chi connectivity index (χ1v) is 6.23. The van der Waals surface area contributed by atoms with Crippen molar-refractivity contribution in [1.82, 2.24) is 9.71 Å². The fourth-order valence-corrected chi connectivity index (χ4v) is 2.11. The van der Waals surface area contributed by atoms with Crippen molar-refractivity contribution < 1.29 is 8.42 Å². The second-order valence-electron chi connectivity index (χ2n) is 3.22. The predicted molar refractivity (Wildman–Crippen MR) is 60.6 cm³/mol. The fraction of sp³-hybridized carbons (Fsp3) is 0.333. The van der Waals surface area contributed by atoms with Crippen LogP contribution in [0.3, 0.4) is 0 Å². The summed E-state index contributed by atoms with van der Waals surface area (Å²) in [7, 11) is -3.48. The molecular formula is C9H14N4O2S. The van der Waals surface area contributed by atoms with Gasteiger partial charge in [0.25, 0.3) is 0 Å². The molecule has 0 atom stereocenters. The highest BCUT2D eigenvalue weighted by Crippen LogP contribution is 2.04. The van der Waals surface area contributed by atoms with Crippen LogP contribution in [0.15, 0.2) is 29.4 Å². The summed E-state index contributed by atoms with van der Waals surface area (Å²) in [6, 6.07) is 3.03. The number of hydrogen-bond donors (Lipinski definition) is 3. The van der Waals surface area contributed by atoms with Gasteiger partial charge in [-0.05, 0) is 18.6 Å². The van der Waals surface area contributed by atoms with Crippen molar-refractivity contribution in [2.45, 2.75) is 17.7 Å². The molecule has 1 rings (SSSR count). The number of amidine groups is 1. The van der Waals surface area contributed by atoms with Crippen LogP contribution in [0.4, 0.5) is 0 Å². The lowest BCUT2D eigenvalue weighted by atomic mass is 10.3. The lowest BCUT2D eigenvalue weighted by Crippen LogP contribution is -2.25. The maximum absolute atomic E-state index is 11.6. The third-order valence-electron chi connectivity index (χ3n) is 1.86. The Morgan fingerprint density at radius 3 is 2.88 bits per heavy atom. The molecule has 1 aromatic heterocycles. The smallest absolute Gasteiger partial charge is 0.242 e. The first-order chi connectivity index (χ1) is 7.52. The number of sulfonamides is 1. The van der Waals surface area contributed by atoms with Crippen molar-refractivity contribution >= 4 is 15.9 Å². The summed E-state index contributed by atoms with van der Waals surface area (Å²) in [4.78, 5) is 3.87. The third-order valence-corrected chi connectivity index (χ3v) is 3.31. The normalized spacial score (nSPS) is 11.2. The molecule has 88 valence electrons. The Morgan fingerprint density at radius 1 is 1.56 bits per heavy atom. The van der Waals surface area contributed by atoms with Crippen LogP contribution >= 0.6 is 0 Å². The summed E-state index contributed by atoms with van der Waals surface area (Å²) in [6.07, 6.45) is 3.69. The monoisotopic (exact) mass is 242 g/mol. The lowest BCUT2D eigenvalue weighted by molar-refractivity contribution is 0.579. The van der Waals surface area contributed by atoms with Gasteiger partial charge >= 0.3 is 0 Å². The number of pyridine rings is 1. The van der Waals surface area contributed by atoms with E-state index in [-0.39, 0.29) is 17.3 Å². The van der Waals surface area contributed by atoms with Crippen LogP contribution in [-0.2, 0) is 10.0 Å². The van der Waals surface area contributed by atoms with Crippen LogP contribution in [0.2, 0.25) is 0 Å². The van der Waals surface area contributed by atoms with E-state index in [1.54, 1.807) is 6.07 Å². The van der Waals surface area contributed by atoms with E-state index >= 15 is 0 Å². The molecule has 0 bridgehead atoms. The number of nitrogens with zero attached hydrogens (tertiary/aromatic N) is 1. The van der Waals surface area contributed by atoms with E-state index in [1.807, 2.05) is 0 Å². The van der Waals surface area contributed by atoms with Gasteiger partial charge in [-0.15, -0.1) is 0 Å². The Hall–Kier alpha value is -1.47. The average Bonchev–Trinajstić information content (AvgIpc) is 2.26. The van der Waals surface area contributed by atoms with Gasteiger partial charge in [-0.25, -0.2) is 13.1 Å². The van der Waals surface area contributed by atoms with Crippen LogP contribution in [0, 0.1) is 5.41 Å². The zero-order valence-corrected chi connectivity index (χ0v) is 9.50. The predicted octanol–water partition coefficient (Wildman–Crippen LogP) is 0.0761. The summed E-state index contributed by atoms with van der Waals surface area (Å²) in [6.45, 7) is 0.261. The van der Waals surface area contributed by atoms with E-state index in [0.717, 1.165) is 0 Å². The molecule has 0 saturated carbocycles. The van der Waals surface area contributed by atoms with Crippen molar-refractivity contribution in [3.63, 3.8) is 0 Å². The van der Waals surface area contributed by atoms with Crippen LogP contribution in [0.5, 0.6) is 0 Å². The maximum Gasteiger partial charge on any atom is 0.242 e. The quantitative estimate of drug-likeness (QED) is 0.372. The van der Waals surface area contributed by atoms with Gasteiger partial charge in [0.2, 0.25) is 10.0 Å². The van der Waals surface area contributed by atoms with E-state index in [4.69, 9.17) is 11.1 Å². The van der Waals surface area contributed by atoms with Crippen LogP contribution in [0.25, 0.3) is 0 Å². The minimum absolute atomic E-state index is 0.0561. The number of nitrogens with two attached hydrogens (primary N) is 1. The summed E-state index contributed by atoms with van der Waals surface area (Å²) in [5.41, 5.74) is 5.15. The van der Waals surface area contributed by atoms with Gasteiger partial charge in [0.15, 0.2) is 0 Å². The minimum Gasteiger partial charge on any atom is -0.388 e. The number of rotatable bonds is 6. The Morgan fingerprint density at radius 2 is 2.31 bits per heavy atom. The van der Waals surface area contributed by atoms with Crippen LogP contribution < -0.4 is 10.5 Å². The van der Waals surface area contributed by atoms with Gasteiger partial charge in [-0.1, -0.05) is 0 Å². The molecule has 0 saturated heterocycles. The summed E-state index contributed by atoms with van der Waals surface area (Å²) in [5.74, 6) is 0.0561. The molecule has 0 unspecified atom stereocenters. The van der Waals surface area contributed by atoms with Gasteiger partial charge in [-0.3, -0.25) is 10.4 Å². The topological polar surface area (TPSA) is 109 Å². The molecule has 0 aliphatic heterocycles. The molecule has 0 aliphatic rings.